The minimum absolute atomic E-state index is 0.101. The summed E-state index contributed by atoms with van der Waals surface area (Å²) in [5.41, 5.74) is 1.40. The number of Topliss-reactive ketones (excluding diaryl/α,β-unsaturated/α-hetero) is 1. The van der Waals surface area contributed by atoms with Gasteiger partial charge in [-0.25, -0.2) is 0 Å². The van der Waals surface area contributed by atoms with E-state index in [2.05, 4.69) is 0 Å². The summed E-state index contributed by atoms with van der Waals surface area (Å²) in [6.45, 7) is 1.70. The van der Waals surface area contributed by atoms with Gasteiger partial charge in [0.1, 0.15) is 0 Å². The minimum atomic E-state index is -1.29. The molecule has 0 aliphatic carbocycles. The summed E-state index contributed by atoms with van der Waals surface area (Å²) in [5, 5.41) is 0.0360. The lowest BCUT2D eigenvalue weighted by atomic mass is 10.1. The number of benzene rings is 2. The first kappa shape index (κ1) is 14.9. The van der Waals surface area contributed by atoms with Crippen LogP contribution in [0, 0.1) is 0 Å². The van der Waals surface area contributed by atoms with Gasteiger partial charge < -0.3 is 0 Å². The standard InChI is InChI=1S/C16H15ClO2S/c1-12(16(18)13-7-3-2-4-8-13)20(19)11-14-9-5-6-10-15(14)17/h2-10,12H,11H2,1H3. The van der Waals surface area contributed by atoms with Gasteiger partial charge in [0.25, 0.3) is 0 Å². The van der Waals surface area contributed by atoms with Crippen LogP contribution in [0.4, 0.5) is 0 Å². The zero-order chi connectivity index (χ0) is 14.5. The lowest BCUT2D eigenvalue weighted by Gasteiger charge is -2.11. The number of hydrogen-bond acceptors (Lipinski definition) is 2. The van der Waals surface area contributed by atoms with Crippen LogP contribution >= 0.6 is 11.6 Å². The first-order valence-corrected chi connectivity index (χ1v) is 8.05. The van der Waals surface area contributed by atoms with E-state index in [4.69, 9.17) is 11.6 Å². The van der Waals surface area contributed by atoms with Crippen LogP contribution in [0.1, 0.15) is 22.8 Å². The average molecular weight is 307 g/mol. The molecule has 2 rings (SSSR count). The Hall–Kier alpha value is -1.45. The number of carbonyl (C=O) groups is 1. The molecule has 0 aliphatic heterocycles. The number of rotatable bonds is 5. The number of ketones is 1. The highest BCUT2D eigenvalue weighted by Crippen LogP contribution is 2.19. The Morgan fingerprint density at radius 1 is 1.10 bits per heavy atom. The second kappa shape index (κ2) is 6.82. The van der Waals surface area contributed by atoms with Crippen LogP contribution in [0.2, 0.25) is 5.02 Å². The third-order valence-corrected chi connectivity index (χ3v) is 5.04. The fraction of sp³-hybridized carbons (Fsp3) is 0.188. The Kier molecular flexibility index (Phi) is 5.10. The van der Waals surface area contributed by atoms with Crippen molar-refractivity contribution in [1.82, 2.24) is 0 Å². The van der Waals surface area contributed by atoms with Crippen LogP contribution in [0.5, 0.6) is 0 Å². The molecular formula is C16H15ClO2S. The van der Waals surface area contributed by atoms with Crippen molar-refractivity contribution < 1.29 is 9.00 Å². The van der Waals surface area contributed by atoms with Gasteiger partial charge in [-0.15, -0.1) is 0 Å². The van der Waals surface area contributed by atoms with Crippen molar-refractivity contribution in [3.05, 3.63) is 70.7 Å². The van der Waals surface area contributed by atoms with E-state index in [-0.39, 0.29) is 5.78 Å². The van der Waals surface area contributed by atoms with Crippen molar-refractivity contribution in [3.63, 3.8) is 0 Å². The average Bonchev–Trinajstić information content (AvgIpc) is 2.49. The molecule has 0 heterocycles. The highest BCUT2D eigenvalue weighted by Gasteiger charge is 2.21. The van der Waals surface area contributed by atoms with Gasteiger partial charge in [0.2, 0.25) is 0 Å². The van der Waals surface area contributed by atoms with Crippen molar-refractivity contribution >= 4 is 28.2 Å². The van der Waals surface area contributed by atoms with E-state index in [9.17, 15) is 9.00 Å². The van der Waals surface area contributed by atoms with E-state index in [1.807, 2.05) is 24.3 Å². The van der Waals surface area contributed by atoms with Gasteiger partial charge in [-0.1, -0.05) is 60.1 Å². The number of hydrogen-bond donors (Lipinski definition) is 0. The summed E-state index contributed by atoms with van der Waals surface area (Å²) in [5.74, 6) is 0.190. The number of halogens is 1. The normalized spacial score (nSPS) is 13.7. The molecule has 2 unspecified atom stereocenters. The summed E-state index contributed by atoms with van der Waals surface area (Å²) in [6.07, 6.45) is 0. The van der Waals surface area contributed by atoms with E-state index >= 15 is 0 Å². The first-order valence-electron chi connectivity index (χ1n) is 6.29. The van der Waals surface area contributed by atoms with Crippen molar-refractivity contribution in [1.29, 1.82) is 0 Å². The van der Waals surface area contributed by atoms with E-state index < -0.39 is 16.0 Å². The second-order valence-electron chi connectivity index (χ2n) is 4.49. The zero-order valence-corrected chi connectivity index (χ0v) is 12.7. The lowest BCUT2D eigenvalue weighted by Crippen LogP contribution is -2.23. The SMILES string of the molecule is CC(C(=O)c1ccccc1)S(=O)Cc1ccccc1Cl. The predicted molar refractivity (Wildman–Crippen MR) is 83.5 cm³/mol. The first-order chi connectivity index (χ1) is 9.59. The summed E-state index contributed by atoms with van der Waals surface area (Å²) in [7, 11) is -1.29. The van der Waals surface area contributed by atoms with E-state index in [0.29, 0.717) is 16.3 Å². The Labute approximate surface area is 126 Å². The minimum Gasteiger partial charge on any atom is -0.293 e. The number of carbonyl (C=O) groups excluding carboxylic acids is 1. The van der Waals surface area contributed by atoms with Crippen LogP contribution in [-0.2, 0) is 16.6 Å². The van der Waals surface area contributed by atoms with Crippen molar-refractivity contribution in [2.75, 3.05) is 0 Å². The highest BCUT2D eigenvalue weighted by molar-refractivity contribution is 7.85. The molecule has 2 aromatic rings. The molecule has 2 aromatic carbocycles. The van der Waals surface area contributed by atoms with Crippen molar-refractivity contribution in [2.24, 2.45) is 0 Å². The van der Waals surface area contributed by atoms with Gasteiger partial charge in [-0.3, -0.25) is 9.00 Å². The molecule has 0 fully saturated rings. The largest absolute Gasteiger partial charge is 0.293 e. The molecule has 0 aliphatic rings. The molecule has 0 radical (unpaired) electrons. The Morgan fingerprint density at radius 3 is 2.35 bits per heavy atom. The van der Waals surface area contributed by atoms with Gasteiger partial charge in [-0.05, 0) is 18.6 Å². The predicted octanol–water partition coefficient (Wildman–Crippen LogP) is 3.86. The van der Waals surface area contributed by atoms with Gasteiger partial charge in [0.05, 0.1) is 11.0 Å². The summed E-state index contributed by atoms with van der Waals surface area (Å²) < 4.78 is 12.3. The molecule has 0 amide bonds. The molecule has 0 saturated heterocycles. The molecule has 0 N–H and O–H groups in total. The summed E-state index contributed by atoms with van der Waals surface area (Å²) in [6, 6.07) is 16.2. The van der Waals surface area contributed by atoms with Gasteiger partial charge >= 0.3 is 0 Å². The van der Waals surface area contributed by atoms with Crippen molar-refractivity contribution in [2.45, 2.75) is 17.9 Å². The topological polar surface area (TPSA) is 34.1 Å². The lowest BCUT2D eigenvalue weighted by molar-refractivity contribution is 0.0992. The molecule has 0 aromatic heterocycles. The van der Waals surface area contributed by atoms with Crippen LogP contribution in [0.15, 0.2) is 54.6 Å². The maximum atomic E-state index is 12.3. The molecule has 0 bridgehead atoms. The van der Waals surface area contributed by atoms with Crippen LogP contribution in [0.25, 0.3) is 0 Å². The van der Waals surface area contributed by atoms with E-state index in [1.54, 1.807) is 37.3 Å². The molecule has 2 nitrogen and oxygen atoms in total. The van der Waals surface area contributed by atoms with Crippen LogP contribution < -0.4 is 0 Å². The maximum Gasteiger partial charge on any atom is 0.178 e. The molecular weight excluding hydrogens is 292 g/mol. The van der Waals surface area contributed by atoms with Crippen molar-refractivity contribution in [3.8, 4) is 0 Å². The van der Waals surface area contributed by atoms with Gasteiger partial charge in [0, 0.05) is 21.4 Å². The molecule has 0 spiro atoms. The van der Waals surface area contributed by atoms with E-state index in [0.717, 1.165) is 5.56 Å². The Balaban J connectivity index is 2.10. The monoisotopic (exact) mass is 306 g/mol. The smallest absolute Gasteiger partial charge is 0.178 e. The third-order valence-electron chi connectivity index (χ3n) is 3.08. The van der Waals surface area contributed by atoms with Gasteiger partial charge in [0.15, 0.2) is 5.78 Å². The fourth-order valence-electron chi connectivity index (χ4n) is 1.85. The zero-order valence-electron chi connectivity index (χ0n) is 11.1. The van der Waals surface area contributed by atoms with E-state index in [1.165, 1.54) is 0 Å². The summed E-state index contributed by atoms with van der Waals surface area (Å²) >= 11 is 6.05. The molecule has 4 heteroatoms. The molecule has 2 atom stereocenters. The second-order valence-corrected chi connectivity index (χ2v) is 6.65. The highest BCUT2D eigenvalue weighted by atomic mass is 35.5. The van der Waals surface area contributed by atoms with Crippen LogP contribution in [0.3, 0.4) is 0 Å². The quantitative estimate of drug-likeness (QED) is 0.786. The maximum absolute atomic E-state index is 12.3. The van der Waals surface area contributed by atoms with Gasteiger partial charge in [-0.2, -0.15) is 0 Å². The molecule has 104 valence electrons. The summed E-state index contributed by atoms with van der Waals surface area (Å²) in [4.78, 5) is 12.2. The molecule has 0 saturated carbocycles. The third kappa shape index (κ3) is 3.56. The fourth-order valence-corrected chi connectivity index (χ4v) is 3.32. The Morgan fingerprint density at radius 2 is 1.70 bits per heavy atom. The molecule has 20 heavy (non-hydrogen) atoms. The van der Waals surface area contributed by atoms with Crippen LogP contribution in [-0.4, -0.2) is 15.2 Å². The Bertz CT molecular complexity index is 625.